The summed E-state index contributed by atoms with van der Waals surface area (Å²) in [5.41, 5.74) is 0. The average Bonchev–Trinajstić information content (AvgIpc) is 2.05. The van der Waals surface area contributed by atoms with E-state index >= 15 is 0 Å². The fourth-order valence-corrected chi connectivity index (χ4v) is 1.05. The number of carbonyl (C=O) groups excluding carboxylic acids is 1. The molecule has 0 amide bonds. The van der Waals surface area contributed by atoms with E-state index in [0.29, 0.717) is 6.42 Å². The van der Waals surface area contributed by atoms with Gasteiger partial charge in [0.2, 0.25) is 0 Å². The van der Waals surface area contributed by atoms with Crippen LogP contribution in [-0.2, 0) is 9.53 Å². The summed E-state index contributed by atoms with van der Waals surface area (Å²) in [6.45, 7) is 5.95. The minimum Gasteiger partial charge on any atom is -0.463 e. The number of carbonyl (C=O) groups is 1. The summed E-state index contributed by atoms with van der Waals surface area (Å²) in [7, 11) is 0. The highest BCUT2D eigenvalue weighted by atomic mass is 16.5. The van der Waals surface area contributed by atoms with Crippen molar-refractivity contribution in [3.8, 4) is 0 Å². The molecule has 0 radical (unpaired) electrons. The number of hydrogen-bond acceptors (Lipinski definition) is 2. The van der Waals surface area contributed by atoms with E-state index in [1.807, 2.05) is 13.8 Å². The van der Waals surface area contributed by atoms with Gasteiger partial charge < -0.3 is 4.74 Å². The van der Waals surface area contributed by atoms with E-state index in [1.165, 1.54) is 12.8 Å². The molecule has 0 bridgehead atoms. The molecule has 0 saturated carbocycles. The fraction of sp³-hybridized carbons (Fsp3) is 0.900. The lowest BCUT2D eigenvalue weighted by Gasteiger charge is -2.11. The molecule has 0 aromatic rings. The maximum atomic E-state index is 10.8. The highest BCUT2D eigenvalue weighted by Gasteiger charge is 2.05. The van der Waals surface area contributed by atoms with E-state index in [2.05, 4.69) is 6.92 Å². The standard InChI is InChI=1S/C10H20O2/c1-4-6-7-8-9(3)12-10(11)5-2/h9H,4-8H2,1-3H3/t9-/m0/s1. The maximum Gasteiger partial charge on any atom is 0.305 e. The molecule has 0 rings (SSSR count). The van der Waals surface area contributed by atoms with Gasteiger partial charge >= 0.3 is 5.97 Å². The Hall–Kier alpha value is -0.530. The molecule has 0 heterocycles. The highest BCUT2D eigenvalue weighted by molar-refractivity contribution is 5.69. The molecule has 1 atom stereocenters. The van der Waals surface area contributed by atoms with Crippen LogP contribution in [0.2, 0.25) is 0 Å². The second kappa shape index (κ2) is 7.14. The van der Waals surface area contributed by atoms with Gasteiger partial charge in [0.05, 0.1) is 6.10 Å². The fourth-order valence-electron chi connectivity index (χ4n) is 1.05. The van der Waals surface area contributed by atoms with Gasteiger partial charge in [0.15, 0.2) is 0 Å². The Labute approximate surface area is 75.3 Å². The minimum atomic E-state index is -0.0843. The van der Waals surface area contributed by atoms with Crippen molar-refractivity contribution in [2.45, 2.75) is 59.0 Å². The Kier molecular flexibility index (Phi) is 6.82. The molecular weight excluding hydrogens is 152 g/mol. The quantitative estimate of drug-likeness (QED) is 0.455. The second-order valence-electron chi connectivity index (χ2n) is 3.15. The summed E-state index contributed by atoms with van der Waals surface area (Å²) in [6, 6.07) is 0. The normalized spacial score (nSPS) is 12.6. The van der Waals surface area contributed by atoms with Crippen LogP contribution >= 0.6 is 0 Å². The minimum absolute atomic E-state index is 0.0843. The molecule has 12 heavy (non-hydrogen) atoms. The van der Waals surface area contributed by atoms with Crippen molar-refractivity contribution >= 4 is 5.97 Å². The molecule has 0 spiro atoms. The van der Waals surface area contributed by atoms with Gasteiger partial charge in [0.1, 0.15) is 0 Å². The summed E-state index contributed by atoms with van der Waals surface area (Å²) in [5, 5.41) is 0. The third kappa shape index (κ3) is 6.20. The molecule has 0 N–H and O–H groups in total. The molecular formula is C10H20O2. The monoisotopic (exact) mass is 172 g/mol. The van der Waals surface area contributed by atoms with Crippen LogP contribution < -0.4 is 0 Å². The number of rotatable bonds is 6. The second-order valence-corrected chi connectivity index (χ2v) is 3.15. The largest absolute Gasteiger partial charge is 0.463 e. The smallest absolute Gasteiger partial charge is 0.305 e. The van der Waals surface area contributed by atoms with Crippen LogP contribution in [0.25, 0.3) is 0 Å². The number of hydrogen-bond donors (Lipinski definition) is 0. The lowest BCUT2D eigenvalue weighted by molar-refractivity contribution is -0.148. The first-order valence-corrected chi connectivity index (χ1v) is 4.90. The van der Waals surface area contributed by atoms with Gasteiger partial charge in [0.25, 0.3) is 0 Å². The van der Waals surface area contributed by atoms with Crippen molar-refractivity contribution in [3.05, 3.63) is 0 Å². The zero-order chi connectivity index (χ0) is 9.40. The molecule has 0 fully saturated rings. The van der Waals surface area contributed by atoms with E-state index in [4.69, 9.17) is 4.74 Å². The van der Waals surface area contributed by atoms with Crippen LogP contribution in [0.3, 0.4) is 0 Å². The molecule has 0 aliphatic rings. The molecule has 0 aromatic carbocycles. The lowest BCUT2D eigenvalue weighted by Crippen LogP contribution is -2.13. The summed E-state index contributed by atoms with van der Waals surface area (Å²) in [5.74, 6) is -0.0843. The lowest BCUT2D eigenvalue weighted by atomic mass is 10.1. The van der Waals surface area contributed by atoms with Crippen molar-refractivity contribution in [1.82, 2.24) is 0 Å². The van der Waals surface area contributed by atoms with Crippen LogP contribution in [0.15, 0.2) is 0 Å². The summed E-state index contributed by atoms with van der Waals surface area (Å²) < 4.78 is 5.11. The van der Waals surface area contributed by atoms with Gasteiger partial charge in [-0.1, -0.05) is 26.7 Å². The van der Waals surface area contributed by atoms with Crippen molar-refractivity contribution in [2.75, 3.05) is 0 Å². The zero-order valence-corrected chi connectivity index (χ0v) is 8.43. The Morgan fingerprint density at radius 2 is 2.00 bits per heavy atom. The van der Waals surface area contributed by atoms with Crippen LogP contribution in [0.5, 0.6) is 0 Å². The first-order chi connectivity index (χ1) is 5.70. The zero-order valence-electron chi connectivity index (χ0n) is 8.43. The van der Waals surface area contributed by atoms with E-state index in [-0.39, 0.29) is 12.1 Å². The highest BCUT2D eigenvalue weighted by Crippen LogP contribution is 2.06. The summed E-state index contributed by atoms with van der Waals surface area (Å²) in [6.07, 6.45) is 5.19. The Bertz CT molecular complexity index is 121. The maximum absolute atomic E-state index is 10.8. The number of unbranched alkanes of at least 4 members (excludes halogenated alkanes) is 2. The average molecular weight is 172 g/mol. The Morgan fingerprint density at radius 1 is 1.33 bits per heavy atom. The Morgan fingerprint density at radius 3 is 2.50 bits per heavy atom. The molecule has 0 aliphatic heterocycles. The number of esters is 1. The number of ether oxygens (including phenoxy) is 1. The van der Waals surface area contributed by atoms with Crippen LogP contribution in [0.4, 0.5) is 0 Å². The topological polar surface area (TPSA) is 26.3 Å². The third-order valence-electron chi connectivity index (χ3n) is 1.84. The molecule has 72 valence electrons. The third-order valence-corrected chi connectivity index (χ3v) is 1.84. The molecule has 0 aliphatic carbocycles. The molecule has 0 aromatic heterocycles. The van der Waals surface area contributed by atoms with Crippen molar-refractivity contribution in [2.24, 2.45) is 0 Å². The van der Waals surface area contributed by atoms with Crippen LogP contribution in [0, 0.1) is 0 Å². The van der Waals surface area contributed by atoms with Gasteiger partial charge in [-0.05, 0) is 19.8 Å². The first-order valence-electron chi connectivity index (χ1n) is 4.90. The van der Waals surface area contributed by atoms with Crippen LogP contribution in [0.1, 0.15) is 52.9 Å². The van der Waals surface area contributed by atoms with Gasteiger partial charge in [-0.3, -0.25) is 4.79 Å². The van der Waals surface area contributed by atoms with Crippen molar-refractivity contribution in [3.63, 3.8) is 0 Å². The Balaban J connectivity index is 3.32. The van der Waals surface area contributed by atoms with E-state index < -0.39 is 0 Å². The van der Waals surface area contributed by atoms with E-state index in [9.17, 15) is 4.79 Å². The molecule has 0 unspecified atom stereocenters. The summed E-state index contributed by atoms with van der Waals surface area (Å²) >= 11 is 0. The molecule has 2 nitrogen and oxygen atoms in total. The predicted octanol–water partition coefficient (Wildman–Crippen LogP) is 2.91. The van der Waals surface area contributed by atoms with Crippen molar-refractivity contribution < 1.29 is 9.53 Å². The summed E-state index contributed by atoms with van der Waals surface area (Å²) in [4.78, 5) is 10.8. The van der Waals surface area contributed by atoms with Gasteiger partial charge in [-0.15, -0.1) is 0 Å². The predicted molar refractivity (Wildman–Crippen MR) is 50.0 cm³/mol. The molecule has 0 saturated heterocycles. The van der Waals surface area contributed by atoms with Gasteiger partial charge in [0, 0.05) is 6.42 Å². The van der Waals surface area contributed by atoms with Crippen LogP contribution in [-0.4, -0.2) is 12.1 Å². The van der Waals surface area contributed by atoms with Gasteiger partial charge in [-0.25, -0.2) is 0 Å². The van der Waals surface area contributed by atoms with Crippen molar-refractivity contribution in [1.29, 1.82) is 0 Å². The molecule has 2 heteroatoms. The van der Waals surface area contributed by atoms with Gasteiger partial charge in [-0.2, -0.15) is 0 Å². The van der Waals surface area contributed by atoms with E-state index in [1.54, 1.807) is 0 Å². The van der Waals surface area contributed by atoms with E-state index in [0.717, 1.165) is 12.8 Å². The SMILES string of the molecule is CCCCC[C@H](C)OC(=O)CC. The first kappa shape index (κ1) is 11.5.